The van der Waals surface area contributed by atoms with Gasteiger partial charge in [0.1, 0.15) is 0 Å². The summed E-state index contributed by atoms with van der Waals surface area (Å²) in [7, 11) is 1.85. The zero-order chi connectivity index (χ0) is 15.0. The predicted molar refractivity (Wildman–Crippen MR) is 88.1 cm³/mol. The SMILES string of the molecule is CCNC(c1ccc2c(c1)CC(=O)N2C)c1ccc(C)s1. The molecule has 0 aliphatic carbocycles. The maximum atomic E-state index is 11.8. The van der Waals surface area contributed by atoms with Crippen LogP contribution in [0, 0.1) is 6.92 Å². The molecule has 4 heteroatoms. The van der Waals surface area contributed by atoms with E-state index in [1.54, 1.807) is 4.90 Å². The lowest BCUT2D eigenvalue weighted by Gasteiger charge is -2.18. The van der Waals surface area contributed by atoms with E-state index in [9.17, 15) is 4.79 Å². The van der Waals surface area contributed by atoms with Crippen LogP contribution >= 0.6 is 11.3 Å². The van der Waals surface area contributed by atoms with E-state index in [-0.39, 0.29) is 11.9 Å². The van der Waals surface area contributed by atoms with Crippen molar-refractivity contribution in [1.82, 2.24) is 5.32 Å². The summed E-state index contributed by atoms with van der Waals surface area (Å²) in [6.45, 7) is 5.17. The smallest absolute Gasteiger partial charge is 0.231 e. The third-order valence-corrected chi connectivity index (χ3v) is 5.03. The molecule has 1 aliphatic heterocycles. The molecule has 21 heavy (non-hydrogen) atoms. The van der Waals surface area contributed by atoms with E-state index in [1.807, 2.05) is 18.4 Å². The highest BCUT2D eigenvalue weighted by Crippen LogP contribution is 2.33. The molecule has 2 aromatic rings. The number of nitrogens with one attached hydrogen (secondary N) is 1. The number of rotatable bonds is 4. The van der Waals surface area contributed by atoms with Crippen molar-refractivity contribution in [1.29, 1.82) is 0 Å². The Kier molecular flexibility index (Phi) is 3.83. The summed E-state index contributed by atoms with van der Waals surface area (Å²) < 4.78 is 0. The number of aryl methyl sites for hydroxylation is 1. The number of anilines is 1. The van der Waals surface area contributed by atoms with Crippen molar-refractivity contribution in [3.8, 4) is 0 Å². The van der Waals surface area contributed by atoms with Crippen LogP contribution in [0.15, 0.2) is 30.3 Å². The van der Waals surface area contributed by atoms with Gasteiger partial charge in [-0.1, -0.05) is 19.1 Å². The van der Waals surface area contributed by atoms with Crippen LogP contribution in [-0.2, 0) is 11.2 Å². The third-order valence-electron chi connectivity index (χ3n) is 3.97. The fraction of sp³-hybridized carbons (Fsp3) is 0.353. The average molecular weight is 300 g/mol. The molecule has 3 rings (SSSR count). The van der Waals surface area contributed by atoms with Gasteiger partial charge < -0.3 is 10.2 Å². The summed E-state index contributed by atoms with van der Waals surface area (Å²) in [4.78, 5) is 16.2. The molecule has 0 saturated carbocycles. The largest absolute Gasteiger partial charge is 0.315 e. The maximum Gasteiger partial charge on any atom is 0.231 e. The fourth-order valence-corrected chi connectivity index (χ4v) is 3.85. The summed E-state index contributed by atoms with van der Waals surface area (Å²) in [6, 6.07) is 10.9. The van der Waals surface area contributed by atoms with Gasteiger partial charge in [-0.3, -0.25) is 4.79 Å². The maximum absolute atomic E-state index is 11.8. The Morgan fingerprint density at radius 1 is 1.33 bits per heavy atom. The Morgan fingerprint density at radius 3 is 2.81 bits per heavy atom. The molecule has 0 bridgehead atoms. The first-order valence-corrected chi connectivity index (χ1v) is 8.11. The summed E-state index contributed by atoms with van der Waals surface area (Å²) in [5.41, 5.74) is 3.41. The number of thiophene rings is 1. The lowest BCUT2D eigenvalue weighted by atomic mass is 10.0. The highest BCUT2D eigenvalue weighted by Gasteiger charge is 2.25. The molecule has 1 aromatic heterocycles. The molecular weight excluding hydrogens is 280 g/mol. The molecule has 1 unspecified atom stereocenters. The summed E-state index contributed by atoms with van der Waals surface area (Å²) in [5, 5.41) is 3.55. The lowest BCUT2D eigenvalue weighted by Crippen LogP contribution is -2.21. The van der Waals surface area contributed by atoms with Gasteiger partial charge >= 0.3 is 0 Å². The number of benzene rings is 1. The van der Waals surface area contributed by atoms with Crippen molar-refractivity contribution in [2.24, 2.45) is 0 Å². The molecule has 0 saturated heterocycles. The number of carbonyl (C=O) groups excluding carboxylic acids is 1. The minimum Gasteiger partial charge on any atom is -0.315 e. The second-order valence-corrected chi connectivity index (χ2v) is 6.78. The summed E-state index contributed by atoms with van der Waals surface area (Å²) >= 11 is 1.83. The topological polar surface area (TPSA) is 32.3 Å². The van der Waals surface area contributed by atoms with E-state index in [2.05, 4.69) is 49.5 Å². The van der Waals surface area contributed by atoms with Crippen molar-refractivity contribution in [3.63, 3.8) is 0 Å². The Bertz CT molecular complexity index is 677. The van der Waals surface area contributed by atoms with Crippen LogP contribution < -0.4 is 10.2 Å². The number of amides is 1. The Hall–Kier alpha value is -1.65. The molecule has 110 valence electrons. The Balaban J connectivity index is 1.98. The van der Waals surface area contributed by atoms with E-state index in [0.717, 1.165) is 17.8 Å². The fourth-order valence-electron chi connectivity index (χ4n) is 2.87. The second-order valence-electron chi connectivity index (χ2n) is 5.46. The predicted octanol–water partition coefficient (Wildman–Crippen LogP) is 3.27. The van der Waals surface area contributed by atoms with Gasteiger partial charge in [0.05, 0.1) is 12.5 Å². The first-order chi connectivity index (χ1) is 10.1. The zero-order valence-corrected chi connectivity index (χ0v) is 13.5. The van der Waals surface area contributed by atoms with Crippen molar-refractivity contribution in [3.05, 3.63) is 51.2 Å². The van der Waals surface area contributed by atoms with Gasteiger partial charge in [0, 0.05) is 22.5 Å². The standard InChI is InChI=1S/C17H20N2OS/c1-4-18-17(15-8-5-11(2)21-15)12-6-7-14-13(9-12)10-16(20)19(14)3/h5-9,17-18H,4,10H2,1-3H3. The normalized spacial score (nSPS) is 15.4. The minimum atomic E-state index is 0.175. The molecule has 1 amide bonds. The van der Waals surface area contributed by atoms with Gasteiger partial charge in [-0.25, -0.2) is 0 Å². The number of fused-ring (bicyclic) bond motifs is 1. The third kappa shape index (κ3) is 2.61. The highest BCUT2D eigenvalue weighted by molar-refractivity contribution is 7.12. The van der Waals surface area contributed by atoms with Gasteiger partial charge in [0.2, 0.25) is 5.91 Å². The van der Waals surface area contributed by atoms with Crippen molar-refractivity contribution < 1.29 is 4.79 Å². The quantitative estimate of drug-likeness (QED) is 0.940. The summed E-state index contributed by atoms with van der Waals surface area (Å²) in [5.74, 6) is 0.175. The van der Waals surface area contributed by atoms with Crippen LogP contribution in [0.5, 0.6) is 0 Å². The Labute approximate surface area is 129 Å². The van der Waals surface area contributed by atoms with Crippen LogP contribution in [0.1, 0.15) is 33.8 Å². The van der Waals surface area contributed by atoms with Crippen LogP contribution in [0.3, 0.4) is 0 Å². The molecule has 3 nitrogen and oxygen atoms in total. The summed E-state index contributed by atoms with van der Waals surface area (Å²) in [6.07, 6.45) is 0.516. The van der Waals surface area contributed by atoms with Crippen molar-refractivity contribution in [2.75, 3.05) is 18.5 Å². The number of hydrogen-bond acceptors (Lipinski definition) is 3. The molecule has 2 heterocycles. The molecule has 1 N–H and O–H groups in total. The van der Waals surface area contributed by atoms with Crippen molar-refractivity contribution in [2.45, 2.75) is 26.3 Å². The molecule has 1 atom stereocenters. The zero-order valence-electron chi connectivity index (χ0n) is 12.6. The molecule has 0 spiro atoms. The highest BCUT2D eigenvalue weighted by atomic mass is 32.1. The van der Waals surface area contributed by atoms with Gasteiger partial charge in [0.25, 0.3) is 0 Å². The van der Waals surface area contributed by atoms with Gasteiger partial charge in [-0.05, 0) is 42.8 Å². The first-order valence-electron chi connectivity index (χ1n) is 7.29. The van der Waals surface area contributed by atoms with Crippen LogP contribution in [0.4, 0.5) is 5.69 Å². The van der Waals surface area contributed by atoms with Crippen LogP contribution in [0.2, 0.25) is 0 Å². The Morgan fingerprint density at radius 2 is 2.14 bits per heavy atom. The number of nitrogens with zero attached hydrogens (tertiary/aromatic N) is 1. The van der Waals surface area contributed by atoms with Crippen molar-refractivity contribution >= 4 is 22.9 Å². The van der Waals surface area contributed by atoms with Gasteiger partial charge in [-0.15, -0.1) is 11.3 Å². The van der Waals surface area contributed by atoms with E-state index >= 15 is 0 Å². The molecule has 1 aliphatic rings. The average Bonchev–Trinajstić information content (AvgIpc) is 3.01. The van der Waals surface area contributed by atoms with E-state index in [1.165, 1.54) is 15.3 Å². The van der Waals surface area contributed by atoms with Gasteiger partial charge in [-0.2, -0.15) is 0 Å². The second kappa shape index (κ2) is 5.62. The molecule has 0 radical (unpaired) electrons. The van der Waals surface area contributed by atoms with Crippen LogP contribution in [-0.4, -0.2) is 19.5 Å². The molecule has 0 fully saturated rings. The lowest BCUT2D eigenvalue weighted by molar-refractivity contribution is -0.117. The molecular formula is C17H20N2OS. The van der Waals surface area contributed by atoms with E-state index in [0.29, 0.717) is 6.42 Å². The van der Waals surface area contributed by atoms with Gasteiger partial charge in [0.15, 0.2) is 0 Å². The first kappa shape index (κ1) is 14.3. The number of hydrogen-bond donors (Lipinski definition) is 1. The number of carbonyl (C=O) groups is 1. The minimum absolute atomic E-state index is 0.175. The monoisotopic (exact) mass is 300 g/mol. The van der Waals surface area contributed by atoms with E-state index < -0.39 is 0 Å². The molecule has 1 aromatic carbocycles. The number of likely N-dealkylation sites (N-methyl/N-ethyl adjacent to an activating group) is 1. The van der Waals surface area contributed by atoms with E-state index in [4.69, 9.17) is 0 Å². The van der Waals surface area contributed by atoms with Crippen LogP contribution in [0.25, 0.3) is 0 Å².